The number of nitrogens with zero attached hydrogens (tertiary/aromatic N) is 1. The number of rotatable bonds is 1. The van der Waals surface area contributed by atoms with E-state index < -0.39 is 0 Å². The minimum absolute atomic E-state index is 0. The minimum Gasteiger partial charge on any atom is -0.362 e. The van der Waals surface area contributed by atoms with Gasteiger partial charge in [-0.1, -0.05) is 5.16 Å². The third kappa shape index (κ3) is 4.06. The summed E-state index contributed by atoms with van der Waals surface area (Å²) in [5, 5.41) is 3.88. The summed E-state index contributed by atoms with van der Waals surface area (Å²) in [6.45, 7) is 1.89. The van der Waals surface area contributed by atoms with Crippen molar-refractivity contribution in [2.24, 2.45) is 0 Å². The van der Waals surface area contributed by atoms with Crippen LogP contribution in [0.5, 0.6) is 0 Å². The van der Waals surface area contributed by atoms with Crippen LogP contribution in [0.1, 0.15) is 5.76 Å². The molecule has 1 aromatic heterocycles. The molecule has 0 amide bonds. The van der Waals surface area contributed by atoms with Crippen LogP contribution in [0.4, 0.5) is 0 Å². The van der Waals surface area contributed by atoms with Gasteiger partial charge in [0.15, 0.2) is 0 Å². The van der Waals surface area contributed by atoms with Crippen molar-refractivity contribution >= 4 is 0 Å². The summed E-state index contributed by atoms with van der Waals surface area (Å²) in [6, 6.07) is 19.9. The Morgan fingerprint density at radius 3 is 2.29 bits per heavy atom. The topological polar surface area (TPSA) is 26.0 Å². The fourth-order valence-electron chi connectivity index (χ4n) is 1.37. The van der Waals surface area contributed by atoms with E-state index in [0.717, 1.165) is 17.0 Å². The van der Waals surface area contributed by atoms with Crippen molar-refractivity contribution in [3.05, 3.63) is 66.4 Å². The van der Waals surface area contributed by atoms with Gasteiger partial charge in [-0.3, -0.25) is 0 Å². The standard InChI is InChI=1S/C9H8NO.C5H5.Fe/c1-7-6-9(10-11-7)8-4-2-3-5-8;1-2-4-5-3-1;/h2-6H,1H3;1-5H;/q2*-1;+2. The summed E-state index contributed by atoms with van der Waals surface area (Å²) in [4.78, 5) is 0. The largest absolute Gasteiger partial charge is 2.00 e. The van der Waals surface area contributed by atoms with Crippen LogP contribution in [0.15, 0.2) is 65.2 Å². The Morgan fingerprint density at radius 1 is 1.12 bits per heavy atom. The monoisotopic (exact) mass is 267 g/mol. The third-order valence-electron chi connectivity index (χ3n) is 2.14. The van der Waals surface area contributed by atoms with Crippen LogP contribution < -0.4 is 0 Å². The molecule has 0 unspecified atom stereocenters. The maximum absolute atomic E-state index is 4.94. The molecule has 0 N–H and O–H groups in total. The van der Waals surface area contributed by atoms with Crippen molar-refractivity contribution in [3.63, 3.8) is 0 Å². The Bertz CT molecular complexity index is 477. The van der Waals surface area contributed by atoms with Gasteiger partial charge in [0.25, 0.3) is 0 Å². The third-order valence-corrected chi connectivity index (χ3v) is 2.14. The summed E-state index contributed by atoms with van der Waals surface area (Å²) >= 11 is 0. The van der Waals surface area contributed by atoms with Gasteiger partial charge in [-0.15, -0.1) is 5.56 Å². The van der Waals surface area contributed by atoms with Crippen molar-refractivity contribution in [2.75, 3.05) is 0 Å². The van der Waals surface area contributed by atoms with E-state index in [1.54, 1.807) is 0 Å². The number of hydrogen-bond donors (Lipinski definition) is 0. The van der Waals surface area contributed by atoms with Crippen molar-refractivity contribution < 1.29 is 21.6 Å². The van der Waals surface area contributed by atoms with E-state index >= 15 is 0 Å². The van der Waals surface area contributed by atoms with Gasteiger partial charge in [-0.2, -0.15) is 36.4 Å². The average molecular weight is 267 g/mol. The fraction of sp³-hybridized carbons (Fsp3) is 0.0714. The first-order valence-electron chi connectivity index (χ1n) is 5.18. The van der Waals surface area contributed by atoms with Crippen LogP contribution in [-0.4, -0.2) is 5.16 Å². The van der Waals surface area contributed by atoms with Crippen molar-refractivity contribution in [2.45, 2.75) is 6.92 Å². The molecule has 0 saturated carbocycles. The molecule has 0 saturated heterocycles. The van der Waals surface area contributed by atoms with E-state index in [9.17, 15) is 0 Å². The van der Waals surface area contributed by atoms with Crippen LogP contribution in [0.3, 0.4) is 0 Å². The molecule has 2 nitrogen and oxygen atoms in total. The first-order valence-corrected chi connectivity index (χ1v) is 5.18. The number of hydrogen-bond acceptors (Lipinski definition) is 2. The SMILES string of the molecule is Cc1cc(-c2cc[cH-]c2)no1.[Fe+2].c1cc[cH-]c1. The van der Waals surface area contributed by atoms with Crippen LogP contribution in [0.2, 0.25) is 0 Å². The van der Waals surface area contributed by atoms with Gasteiger partial charge in [-0.25, -0.2) is 18.2 Å². The molecule has 0 atom stereocenters. The van der Waals surface area contributed by atoms with Gasteiger partial charge in [-0.05, 0) is 13.0 Å². The molecule has 3 rings (SSSR count). The van der Waals surface area contributed by atoms with Gasteiger partial charge in [0.1, 0.15) is 5.76 Å². The summed E-state index contributed by atoms with van der Waals surface area (Å²) in [5.74, 6) is 0.848. The first-order chi connectivity index (χ1) is 7.86. The molecule has 0 spiro atoms. The Balaban J connectivity index is 0.000000205. The summed E-state index contributed by atoms with van der Waals surface area (Å²) in [5.41, 5.74) is 2.02. The summed E-state index contributed by atoms with van der Waals surface area (Å²) in [7, 11) is 0. The predicted molar refractivity (Wildman–Crippen MR) is 64.3 cm³/mol. The van der Waals surface area contributed by atoms with Crippen molar-refractivity contribution in [1.29, 1.82) is 0 Å². The van der Waals surface area contributed by atoms with Gasteiger partial charge in [0.2, 0.25) is 0 Å². The summed E-state index contributed by atoms with van der Waals surface area (Å²) in [6.07, 6.45) is 0. The minimum atomic E-state index is 0. The summed E-state index contributed by atoms with van der Waals surface area (Å²) < 4.78 is 4.94. The van der Waals surface area contributed by atoms with Crippen LogP contribution in [0, 0.1) is 6.92 Å². The van der Waals surface area contributed by atoms with E-state index in [4.69, 9.17) is 4.52 Å². The smallest absolute Gasteiger partial charge is 0.362 e. The normalized spacial score (nSPS) is 9.00. The zero-order valence-corrected chi connectivity index (χ0v) is 10.6. The molecule has 0 radical (unpaired) electrons. The van der Waals surface area contributed by atoms with Crippen LogP contribution in [0.25, 0.3) is 11.3 Å². The molecule has 0 aliphatic carbocycles. The van der Waals surface area contributed by atoms with Crippen LogP contribution >= 0.6 is 0 Å². The molecule has 0 fully saturated rings. The zero-order valence-electron chi connectivity index (χ0n) is 9.48. The second-order valence-electron chi connectivity index (χ2n) is 3.46. The second kappa shape index (κ2) is 6.89. The van der Waals surface area contributed by atoms with Gasteiger partial charge in [0, 0.05) is 5.69 Å². The van der Waals surface area contributed by atoms with E-state index in [2.05, 4.69) is 5.16 Å². The molecular formula is C14H13FeNO. The molecule has 3 heteroatoms. The molecule has 17 heavy (non-hydrogen) atoms. The van der Waals surface area contributed by atoms with Crippen LogP contribution in [-0.2, 0) is 17.1 Å². The number of aromatic nitrogens is 1. The maximum Gasteiger partial charge on any atom is 2.00 e. The van der Waals surface area contributed by atoms with Crippen molar-refractivity contribution in [1.82, 2.24) is 5.16 Å². The molecule has 0 bridgehead atoms. The van der Waals surface area contributed by atoms with E-state index in [1.807, 2.05) is 67.6 Å². The van der Waals surface area contributed by atoms with Gasteiger partial charge >= 0.3 is 17.1 Å². The molecule has 88 valence electrons. The Hall–Kier alpha value is -1.57. The number of aryl methyl sites for hydroxylation is 1. The molecule has 0 aliphatic rings. The maximum atomic E-state index is 4.94. The molecule has 1 heterocycles. The van der Waals surface area contributed by atoms with E-state index in [-0.39, 0.29) is 17.1 Å². The predicted octanol–water partition coefficient (Wildman–Crippen LogP) is 3.77. The zero-order chi connectivity index (χ0) is 11.2. The Morgan fingerprint density at radius 2 is 1.88 bits per heavy atom. The molecular weight excluding hydrogens is 254 g/mol. The molecule has 2 aromatic carbocycles. The molecule has 3 aromatic rings. The van der Waals surface area contributed by atoms with Gasteiger partial charge < -0.3 is 4.52 Å². The Labute approximate surface area is 111 Å². The quantitative estimate of drug-likeness (QED) is 0.495. The van der Waals surface area contributed by atoms with E-state index in [1.165, 1.54) is 0 Å². The Kier molecular flexibility index (Phi) is 5.47. The first kappa shape index (κ1) is 13.5. The molecule has 0 aliphatic heterocycles. The van der Waals surface area contributed by atoms with E-state index in [0.29, 0.717) is 0 Å². The average Bonchev–Trinajstić information content (AvgIpc) is 3.03. The van der Waals surface area contributed by atoms with Crippen molar-refractivity contribution in [3.8, 4) is 11.3 Å². The fourth-order valence-corrected chi connectivity index (χ4v) is 1.37. The second-order valence-corrected chi connectivity index (χ2v) is 3.46. The van der Waals surface area contributed by atoms with Gasteiger partial charge in [0.05, 0.1) is 0 Å².